The Morgan fingerprint density at radius 3 is 2.68 bits per heavy atom. The van der Waals surface area contributed by atoms with E-state index < -0.39 is 36.2 Å². The summed E-state index contributed by atoms with van der Waals surface area (Å²) in [5, 5.41) is 12.0. The fourth-order valence-electron chi connectivity index (χ4n) is 5.08. The summed E-state index contributed by atoms with van der Waals surface area (Å²) >= 11 is 1.44. The summed E-state index contributed by atoms with van der Waals surface area (Å²) in [5.41, 5.74) is 2.59. The first-order valence-electron chi connectivity index (χ1n) is 12.7. The van der Waals surface area contributed by atoms with Gasteiger partial charge in [0.1, 0.15) is 17.7 Å². The van der Waals surface area contributed by atoms with E-state index in [1.54, 1.807) is 40.0 Å². The zero-order valence-electron chi connectivity index (χ0n) is 22.2. The number of carbonyl (C=O) groups excluding carboxylic acids is 4. The van der Waals surface area contributed by atoms with Gasteiger partial charge in [0, 0.05) is 22.6 Å². The second-order valence-electron chi connectivity index (χ2n) is 10.9. The fraction of sp³-hybridized carbons (Fsp3) is 0.615. The van der Waals surface area contributed by atoms with Gasteiger partial charge in [0.2, 0.25) is 12.7 Å². The molecule has 4 heterocycles. The number of fused-ring (bicyclic) bond motifs is 1. The Bertz CT molecular complexity index is 1100. The Labute approximate surface area is 225 Å². The van der Waals surface area contributed by atoms with Crippen LogP contribution in [0.25, 0.3) is 0 Å². The molecule has 1 aromatic heterocycles. The van der Waals surface area contributed by atoms with Crippen LogP contribution in [0.3, 0.4) is 0 Å². The largest absolute Gasteiger partial charge is 0.468 e. The lowest BCUT2D eigenvalue weighted by molar-refractivity contribution is -0.175. The molecule has 0 spiro atoms. The molecule has 0 saturated carbocycles. The molecule has 0 aliphatic carbocycles. The summed E-state index contributed by atoms with van der Waals surface area (Å²) in [7, 11) is 0. The maximum absolute atomic E-state index is 13.2. The summed E-state index contributed by atoms with van der Waals surface area (Å²) in [5.74, 6) is -1.74. The first kappa shape index (κ1) is 28.3. The molecule has 0 aromatic carbocycles. The SMILES string of the molecule is C[C@@H](O)[C@H]1C(=O)N2C(C(=O)OCOC(=O)C(C)(C)C)=C(S[C@H]3C[C@@H](C=O)N(NCc4ccco4)C3)[C@H](C)[C@H]12. The van der Waals surface area contributed by atoms with E-state index >= 15 is 0 Å². The van der Waals surface area contributed by atoms with E-state index in [1.807, 2.05) is 18.0 Å². The first-order chi connectivity index (χ1) is 17.9. The number of amides is 1. The van der Waals surface area contributed by atoms with E-state index in [0.29, 0.717) is 24.4 Å². The number of esters is 2. The molecule has 208 valence electrons. The molecule has 3 aliphatic rings. The molecule has 38 heavy (non-hydrogen) atoms. The van der Waals surface area contributed by atoms with Gasteiger partial charge in [-0.25, -0.2) is 15.2 Å². The molecule has 2 fully saturated rings. The van der Waals surface area contributed by atoms with Gasteiger partial charge in [-0.05, 0) is 46.2 Å². The summed E-state index contributed by atoms with van der Waals surface area (Å²) in [6.07, 6.45) is 2.15. The Balaban J connectivity index is 1.49. The van der Waals surface area contributed by atoms with Crippen molar-refractivity contribution in [3.8, 4) is 0 Å². The van der Waals surface area contributed by atoms with Crippen LogP contribution in [0.2, 0.25) is 0 Å². The van der Waals surface area contributed by atoms with Crippen LogP contribution < -0.4 is 5.43 Å². The van der Waals surface area contributed by atoms with E-state index in [2.05, 4.69) is 5.43 Å². The summed E-state index contributed by atoms with van der Waals surface area (Å²) in [6, 6.07) is 2.89. The third kappa shape index (κ3) is 5.54. The van der Waals surface area contributed by atoms with E-state index in [0.717, 1.165) is 12.0 Å². The third-order valence-corrected chi connectivity index (χ3v) is 8.58. The average Bonchev–Trinajstić information content (AvgIpc) is 3.55. The lowest BCUT2D eigenvalue weighted by Gasteiger charge is -2.46. The normalized spacial score (nSPS) is 28.2. The van der Waals surface area contributed by atoms with Gasteiger partial charge in [-0.3, -0.25) is 9.59 Å². The van der Waals surface area contributed by atoms with E-state index in [1.165, 1.54) is 16.7 Å². The van der Waals surface area contributed by atoms with Crippen molar-refractivity contribution < 1.29 is 38.2 Å². The van der Waals surface area contributed by atoms with Crippen LogP contribution >= 0.6 is 11.8 Å². The van der Waals surface area contributed by atoms with Crippen LogP contribution in [-0.4, -0.2) is 75.9 Å². The second kappa shape index (κ2) is 11.2. The number of carbonyl (C=O) groups is 4. The Kier molecular flexibility index (Phi) is 8.36. The minimum Gasteiger partial charge on any atom is -0.468 e. The first-order valence-corrected chi connectivity index (χ1v) is 13.6. The van der Waals surface area contributed by atoms with Crippen molar-refractivity contribution in [1.29, 1.82) is 0 Å². The van der Waals surface area contributed by atoms with Gasteiger partial charge in [0.05, 0.1) is 42.3 Å². The van der Waals surface area contributed by atoms with Gasteiger partial charge >= 0.3 is 11.9 Å². The minimum atomic E-state index is -0.868. The number of aliphatic hydroxyl groups is 1. The van der Waals surface area contributed by atoms with Gasteiger partial charge in [0.15, 0.2) is 0 Å². The highest BCUT2D eigenvalue weighted by Crippen LogP contribution is 2.52. The number of hydrogen-bond acceptors (Lipinski definition) is 11. The van der Waals surface area contributed by atoms with Crippen LogP contribution in [0.1, 0.15) is 46.8 Å². The molecule has 1 amide bonds. The van der Waals surface area contributed by atoms with Crippen molar-refractivity contribution in [2.24, 2.45) is 17.3 Å². The molecule has 3 aliphatic heterocycles. The molecule has 0 bridgehead atoms. The van der Waals surface area contributed by atoms with Crippen LogP contribution in [0.15, 0.2) is 33.4 Å². The predicted octanol–water partition coefficient (Wildman–Crippen LogP) is 1.82. The van der Waals surface area contributed by atoms with Crippen molar-refractivity contribution in [3.05, 3.63) is 34.8 Å². The number of rotatable bonds is 10. The van der Waals surface area contributed by atoms with Crippen LogP contribution in [-0.2, 0) is 35.2 Å². The van der Waals surface area contributed by atoms with Crippen LogP contribution in [0, 0.1) is 17.3 Å². The zero-order chi connectivity index (χ0) is 27.8. The van der Waals surface area contributed by atoms with Crippen molar-refractivity contribution in [2.45, 2.75) is 71.0 Å². The topological polar surface area (TPSA) is 139 Å². The highest BCUT2D eigenvalue weighted by molar-refractivity contribution is 8.03. The molecule has 0 radical (unpaired) electrons. The lowest BCUT2D eigenvalue weighted by Crippen LogP contribution is -2.63. The molecule has 11 nitrogen and oxygen atoms in total. The highest BCUT2D eigenvalue weighted by Gasteiger charge is 2.60. The Morgan fingerprint density at radius 2 is 2.08 bits per heavy atom. The lowest BCUT2D eigenvalue weighted by atomic mass is 9.79. The quantitative estimate of drug-likeness (QED) is 0.191. The predicted molar refractivity (Wildman–Crippen MR) is 137 cm³/mol. The van der Waals surface area contributed by atoms with Gasteiger partial charge in [-0.1, -0.05) is 6.92 Å². The number of β-lactam (4-membered cyclic amide) rings is 1. The maximum Gasteiger partial charge on any atom is 0.358 e. The van der Waals surface area contributed by atoms with Gasteiger partial charge in [-0.2, -0.15) is 0 Å². The van der Waals surface area contributed by atoms with Crippen molar-refractivity contribution >= 4 is 35.9 Å². The Hall–Kier alpha value is -2.67. The smallest absolute Gasteiger partial charge is 0.358 e. The van der Waals surface area contributed by atoms with Crippen molar-refractivity contribution in [3.63, 3.8) is 0 Å². The number of nitrogens with zero attached hydrogens (tertiary/aromatic N) is 2. The van der Waals surface area contributed by atoms with E-state index in [4.69, 9.17) is 13.9 Å². The van der Waals surface area contributed by atoms with Crippen molar-refractivity contribution in [2.75, 3.05) is 13.3 Å². The fourth-order valence-corrected chi connectivity index (χ4v) is 6.62. The van der Waals surface area contributed by atoms with Gasteiger partial charge in [0.25, 0.3) is 0 Å². The summed E-state index contributed by atoms with van der Waals surface area (Å²) in [6.45, 7) is 8.93. The molecule has 6 atom stereocenters. The average molecular weight is 550 g/mol. The van der Waals surface area contributed by atoms with Crippen LogP contribution in [0.4, 0.5) is 0 Å². The van der Waals surface area contributed by atoms with Crippen molar-refractivity contribution in [1.82, 2.24) is 15.3 Å². The standard InChI is InChI=1S/C26H35N3O8S/c1-14-20-19(15(2)31)23(32)29(20)21(24(33)36-13-37-25(34)26(3,4)5)22(14)38-18-9-16(12-30)28(11-18)27-10-17-7-6-8-35-17/h6-8,12,14-16,18-20,27,31H,9-11,13H2,1-5H3/t14-,15-,16+,18+,19-,20-/m1/s1. The number of aldehydes is 1. The third-order valence-electron chi connectivity index (χ3n) is 7.09. The van der Waals surface area contributed by atoms with Gasteiger partial charge in [-0.15, -0.1) is 11.8 Å². The molecular weight excluding hydrogens is 514 g/mol. The number of furan rings is 1. The van der Waals surface area contributed by atoms with E-state index in [9.17, 15) is 24.3 Å². The molecule has 2 saturated heterocycles. The molecule has 4 rings (SSSR count). The zero-order valence-corrected chi connectivity index (χ0v) is 23.0. The molecule has 0 unspecified atom stereocenters. The number of hydrogen-bond donors (Lipinski definition) is 2. The number of hydrazine groups is 1. The number of thioether (sulfide) groups is 1. The highest BCUT2D eigenvalue weighted by atomic mass is 32.2. The maximum atomic E-state index is 13.2. The summed E-state index contributed by atoms with van der Waals surface area (Å²) in [4.78, 5) is 52.1. The molecule has 2 N–H and O–H groups in total. The van der Waals surface area contributed by atoms with Crippen LogP contribution in [0.5, 0.6) is 0 Å². The number of ether oxygens (including phenoxy) is 2. The minimum absolute atomic E-state index is 0.0490. The number of nitrogens with one attached hydrogen (secondary N) is 1. The monoisotopic (exact) mass is 549 g/mol. The number of aliphatic hydroxyl groups excluding tert-OH is 1. The van der Waals surface area contributed by atoms with Gasteiger partial charge < -0.3 is 28.7 Å². The molecule has 12 heteroatoms. The Morgan fingerprint density at radius 1 is 1.34 bits per heavy atom. The summed E-state index contributed by atoms with van der Waals surface area (Å²) < 4.78 is 15.7. The second-order valence-corrected chi connectivity index (χ2v) is 12.3. The molecular formula is C26H35N3O8S. The molecule has 1 aromatic rings. The van der Waals surface area contributed by atoms with E-state index in [-0.39, 0.29) is 34.9 Å².